The molecule has 2 nitrogen and oxygen atoms in total. The number of rotatable bonds is 3. The Morgan fingerprint density at radius 2 is 2.21 bits per heavy atom. The first-order valence-electron chi connectivity index (χ1n) is 3.98. The number of methoxy groups -OCH3 is 1. The van der Waals surface area contributed by atoms with Gasteiger partial charge in [-0.3, -0.25) is 4.98 Å². The van der Waals surface area contributed by atoms with Gasteiger partial charge in [-0.25, -0.2) is 8.78 Å². The molecule has 0 aromatic carbocycles. The van der Waals surface area contributed by atoms with Crippen LogP contribution in [0.3, 0.4) is 0 Å². The standard InChI is InChI=1S/C9H10ClF2NO/c1-5-7(4-10)13-6(9(11)12)3-8(5)14-2/h3,9H,4H2,1-2H3. The van der Waals surface area contributed by atoms with E-state index < -0.39 is 6.43 Å². The molecule has 1 heterocycles. The van der Waals surface area contributed by atoms with Gasteiger partial charge < -0.3 is 4.74 Å². The third kappa shape index (κ3) is 2.12. The lowest BCUT2D eigenvalue weighted by Crippen LogP contribution is -2.00. The molecule has 0 unspecified atom stereocenters. The van der Waals surface area contributed by atoms with E-state index in [1.165, 1.54) is 13.2 Å². The molecule has 1 aromatic heterocycles. The number of nitrogens with zero attached hydrogens (tertiary/aromatic N) is 1. The zero-order valence-electron chi connectivity index (χ0n) is 7.85. The number of ether oxygens (including phenoxy) is 1. The van der Waals surface area contributed by atoms with Gasteiger partial charge in [0.2, 0.25) is 0 Å². The van der Waals surface area contributed by atoms with Crippen LogP contribution >= 0.6 is 11.6 Å². The smallest absolute Gasteiger partial charge is 0.280 e. The Bertz CT molecular complexity index is 306. The summed E-state index contributed by atoms with van der Waals surface area (Å²) in [6, 6.07) is 1.23. The van der Waals surface area contributed by atoms with Gasteiger partial charge in [0.15, 0.2) is 0 Å². The van der Waals surface area contributed by atoms with E-state index in [0.717, 1.165) is 0 Å². The van der Waals surface area contributed by atoms with Crippen LogP contribution in [0, 0.1) is 6.92 Å². The molecule has 0 fully saturated rings. The van der Waals surface area contributed by atoms with Crippen LogP contribution in [0.4, 0.5) is 8.78 Å². The predicted octanol–water partition coefficient (Wildman–Crippen LogP) is 3.08. The molecule has 5 heteroatoms. The molecule has 78 valence electrons. The van der Waals surface area contributed by atoms with E-state index in [4.69, 9.17) is 16.3 Å². The van der Waals surface area contributed by atoms with Crippen molar-refractivity contribution in [2.45, 2.75) is 19.2 Å². The Hall–Kier alpha value is -0.900. The van der Waals surface area contributed by atoms with E-state index in [1.54, 1.807) is 6.92 Å². The van der Waals surface area contributed by atoms with Gasteiger partial charge in [0.1, 0.15) is 11.4 Å². The van der Waals surface area contributed by atoms with Crippen molar-refractivity contribution in [3.8, 4) is 5.75 Å². The number of alkyl halides is 3. The number of hydrogen-bond donors (Lipinski definition) is 0. The van der Waals surface area contributed by atoms with Crippen LogP contribution in [0.2, 0.25) is 0 Å². The first-order valence-corrected chi connectivity index (χ1v) is 4.52. The molecule has 0 N–H and O–H groups in total. The second-order valence-corrected chi connectivity index (χ2v) is 3.02. The Kier molecular flexibility index (Phi) is 3.63. The SMILES string of the molecule is COc1cc(C(F)F)nc(CCl)c1C. The van der Waals surface area contributed by atoms with Gasteiger partial charge in [0, 0.05) is 11.6 Å². The fourth-order valence-electron chi connectivity index (χ4n) is 1.11. The summed E-state index contributed by atoms with van der Waals surface area (Å²) in [5.41, 5.74) is 0.830. The van der Waals surface area contributed by atoms with Gasteiger partial charge >= 0.3 is 0 Å². The monoisotopic (exact) mass is 221 g/mol. The van der Waals surface area contributed by atoms with E-state index in [1.807, 2.05) is 0 Å². The first-order chi connectivity index (χ1) is 6.60. The van der Waals surface area contributed by atoms with Gasteiger partial charge in [-0.05, 0) is 6.92 Å². The van der Waals surface area contributed by atoms with Crippen molar-refractivity contribution in [2.75, 3.05) is 7.11 Å². The van der Waals surface area contributed by atoms with Crippen LogP contribution in [0.15, 0.2) is 6.07 Å². The Labute approximate surface area is 85.9 Å². The molecule has 0 spiro atoms. The molecule has 0 aliphatic rings. The molecule has 1 aromatic rings. The maximum atomic E-state index is 12.4. The number of pyridine rings is 1. The maximum absolute atomic E-state index is 12.4. The van der Waals surface area contributed by atoms with Crippen LogP contribution in [-0.4, -0.2) is 12.1 Å². The van der Waals surface area contributed by atoms with Crippen molar-refractivity contribution in [1.29, 1.82) is 0 Å². The second kappa shape index (κ2) is 4.55. The van der Waals surface area contributed by atoms with Crippen LogP contribution in [0.5, 0.6) is 5.75 Å². The lowest BCUT2D eigenvalue weighted by molar-refractivity contribution is 0.145. The minimum absolute atomic E-state index is 0.1000. The van der Waals surface area contributed by atoms with Gasteiger partial charge in [0.05, 0.1) is 18.7 Å². The number of halogens is 3. The van der Waals surface area contributed by atoms with Crippen molar-refractivity contribution in [3.63, 3.8) is 0 Å². The van der Waals surface area contributed by atoms with Crippen molar-refractivity contribution < 1.29 is 13.5 Å². The molecule has 0 bridgehead atoms. The normalized spacial score (nSPS) is 10.7. The van der Waals surface area contributed by atoms with Crippen LogP contribution in [-0.2, 0) is 5.88 Å². The Balaban J connectivity index is 3.25. The summed E-state index contributed by atoms with van der Waals surface area (Å²) in [5, 5.41) is 0. The Morgan fingerprint density at radius 3 is 2.64 bits per heavy atom. The second-order valence-electron chi connectivity index (χ2n) is 2.76. The van der Waals surface area contributed by atoms with Crippen LogP contribution in [0.1, 0.15) is 23.4 Å². The van der Waals surface area contributed by atoms with E-state index >= 15 is 0 Å². The van der Waals surface area contributed by atoms with Crippen molar-refractivity contribution in [3.05, 3.63) is 23.0 Å². The molecular formula is C9H10ClF2NO. The quantitative estimate of drug-likeness (QED) is 0.732. The van der Waals surface area contributed by atoms with E-state index in [0.29, 0.717) is 17.0 Å². The third-order valence-corrected chi connectivity index (χ3v) is 2.17. The van der Waals surface area contributed by atoms with E-state index in [2.05, 4.69) is 4.98 Å². The fourth-order valence-corrected chi connectivity index (χ4v) is 1.37. The molecule has 0 saturated heterocycles. The van der Waals surface area contributed by atoms with Gasteiger partial charge in [0.25, 0.3) is 6.43 Å². The first kappa shape index (κ1) is 11.2. The van der Waals surface area contributed by atoms with Gasteiger partial charge in [-0.2, -0.15) is 0 Å². The van der Waals surface area contributed by atoms with Gasteiger partial charge in [-0.15, -0.1) is 11.6 Å². The molecule has 14 heavy (non-hydrogen) atoms. The highest BCUT2D eigenvalue weighted by atomic mass is 35.5. The zero-order valence-corrected chi connectivity index (χ0v) is 8.61. The van der Waals surface area contributed by atoms with Crippen LogP contribution in [0.25, 0.3) is 0 Å². The summed E-state index contributed by atoms with van der Waals surface area (Å²) < 4.78 is 29.7. The number of hydrogen-bond acceptors (Lipinski definition) is 2. The van der Waals surface area contributed by atoms with E-state index in [-0.39, 0.29) is 11.6 Å². The molecule has 0 aliphatic carbocycles. The zero-order chi connectivity index (χ0) is 10.7. The third-order valence-electron chi connectivity index (χ3n) is 1.92. The highest BCUT2D eigenvalue weighted by molar-refractivity contribution is 6.17. The molecule has 0 amide bonds. The summed E-state index contributed by atoms with van der Waals surface area (Å²) in [6.07, 6.45) is -2.61. The largest absolute Gasteiger partial charge is 0.496 e. The van der Waals surface area contributed by atoms with Crippen LogP contribution < -0.4 is 4.74 Å². The van der Waals surface area contributed by atoms with Crippen molar-refractivity contribution in [2.24, 2.45) is 0 Å². The van der Waals surface area contributed by atoms with Crippen molar-refractivity contribution in [1.82, 2.24) is 4.98 Å². The summed E-state index contributed by atoms with van der Waals surface area (Å²) >= 11 is 5.57. The summed E-state index contributed by atoms with van der Waals surface area (Å²) in [4.78, 5) is 3.74. The predicted molar refractivity (Wildman–Crippen MR) is 50.0 cm³/mol. The summed E-state index contributed by atoms with van der Waals surface area (Å²) in [7, 11) is 1.43. The van der Waals surface area contributed by atoms with Gasteiger partial charge in [-0.1, -0.05) is 0 Å². The lowest BCUT2D eigenvalue weighted by Gasteiger charge is -2.10. The summed E-state index contributed by atoms with van der Waals surface area (Å²) in [6.45, 7) is 1.73. The highest BCUT2D eigenvalue weighted by Crippen LogP contribution is 2.27. The molecule has 0 aliphatic heterocycles. The average molecular weight is 222 g/mol. The topological polar surface area (TPSA) is 22.1 Å². The molecule has 0 radical (unpaired) electrons. The Morgan fingerprint density at radius 1 is 1.57 bits per heavy atom. The average Bonchev–Trinajstić information content (AvgIpc) is 2.17. The van der Waals surface area contributed by atoms with E-state index in [9.17, 15) is 8.78 Å². The molecule has 1 rings (SSSR count). The fraction of sp³-hybridized carbons (Fsp3) is 0.444. The molecule has 0 atom stereocenters. The lowest BCUT2D eigenvalue weighted by atomic mass is 10.2. The highest BCUT2D eigenvalue weighted by Gasteiger charge is 2.14. The summed E-state index contributed by atoms with van der Waals surface area (Å²) in [5.74, 6) is 0.494. The number of aromatic nitrogens is 1. The molecule has 0 saturated carbocycles. The minimum Gasteiger partial charge on any atom is -0.496 e. The maximum Gasteiger partial charge on any atom is 0.280 e. The van der Waals surface area contributed by atoms with Crippen molar-refractivity contribution >= 4 is 11.6 Å². The molecular weight excluding hydrogens is 212 g/mol. The minimum atomic E-state index is -2.61.